The average Bonchev–Trinajstić information content (AvgIpc) is 3.43. The number of benzene rings is 2. The van der Waals surface area contributed by atoms with Gasteiger partial charge in [0.15, 0.2) is 11.5 Å². The first kappa shape index (κ1) is 22.4. The molecule has 1 saturated heterocycles. The quantitative estimate of drug-likeness (QED) is 0.577. The molecule has 4 unspecified atom stereocenters. The van der Waals surface area contributed by atoms with Gasteiger partial charge in [-0.3, -0.25) is 9.69 Å². The summed E-state index contributed by atoms with van der Waals surface area (Å²) in [5.74, 6) is 0.436. The number of rotatable bonds is 9. The fourth-order valence-corrected chi connectivity index (χ4v) is 4.72. The van der Waals surface area contributed by atoms with E-state index in [0.29, 0.717) is 24.7 Å². The lowest BCUT2D eigenvalue weighted by atomic mass is 9.83. The Bertz CT molecular complexity index is 931. The van der Waals surface area contributed by atoms with Gasteiger partial charge in [0, 0.05) is 19.1 Å². The molecule has 0 bridgehead atoms. The maximum atomic E-state index is 12.6. The lowest BCUT2D eigenvalue weighted by Crippen LogP contribution is -2.37. The Morgan fingerprint density at radius 3 is 2.56 bits per heavy atom. The summed E-state index contributed by atoms with van der Waals surface area (Å²) < 4.78 is 22.4. The summed E-state index contributed by atoms with van der Waals surface area (Å²) in [5, 5.41) is 10.3. The molecular weight excluding hydrogens is 410 g/mol. The summed E-state index contributed by atoms with van der Waals surface area (Å²) in [6.45, 7) is 5.54. The summed E-state index contributed by atoms with van der Waals surface area (Å²) in [7, 11) is 1.62. The third-order valence-electron chi connectivity index (χ3n) is 6.43. The van der Waals surface area contributed by atoms with Gasteiger partial charge >= 0.3 is 5.97 Å². The molecule has 172 valence electrons. The fourth-order valence-electron chi connectivity index (χ4n) is 4.72. The number of fused-ring (bicyclic) bond motifs is 1. The third kappa shape index (κ3) is 4.40. The molecule has 2 aliphatic heterocycles. The zero-order valence-corrected chi connectivity index (χ0v) is 18.8. The van der Waals surface area contributed by atoms with Crippen molar-refractivity contribution in [2.45, 2.75) is 44.9 Å². The van der Waals surface area contributed by atoms with Gasteiger partial charge in [0.05, 0.1) is 19.1 Å². The van der Waals surface area contributed by atoms with Crippen molar-refractivity contribution < 1.29 is 28.8 Å². The Kier molecular flexibility index (Phi) is 6.86. The molecule has 0 aromatic heterocycles. The van der Waals surface area contributed by atoms with Gasteiger partial charge in [0.2, 0.25) is 6.79 Å². The molecule has 0 aliphatic carbocycles. The Morgan fingerprint density at radius 2 is 1.88 bits per heavy atom. The van der Waals surface area contributed by atoms with Crippen LogP contribution in [-0.2, 0) is 9.53 Å². The van der Waals surface area contributed by atoms with E-state index in [9.17, 15) is 9.90 Å². The number of aliphatic carboxylic acids is 1. The molecular formula is C25H31NO6. The fraction of sp³-hybridized carbons (Fsp3) is 0.480. The first-order chi connectivity index (χ1) is 15.5. The van der Waals surface area contributed by atoms with Crippen molar-refractivity contribution in [1.82, 2.24) is 4.90 Å². The van der Waals surface area contributed by atoms with E-state index in [1.165, 1.54) is 0 Å². The van der Waals surface area contributed by atoms with E-state index in [1.807, 2.05) is 49.4 Å². The van der Waals surface area contributed by atoms with E-state index in [4.69, 9.17) is 18.9 Å². The van der Waals surface area contributed by atoms with Gasteiger partial charge in [-0.1, -0.05) is 31.5 Å². The maximum absolute atomic E-state index is 12.6. The molecule has 0 spiro atoms. The summed E-state index contributed by atoms with van der Waals surface area (Å²) >= 11 is 0. The standard InChI is InChI=1S/C25H31NO6/c1-4-5-12-30-16(2)26-14-20(17-6-9-19(29-3)10-7-17)23(25(27)28)24(26)18-8-11-21-22(13-18)32-15-31-21/h6-11,13,16,20,23-24H,4-5,12,14-15H2,1-3H3,(H,27,28). The van der Waals surface area contributed by atoms with Gasteiger partial charge in [0.1, 0.15) is 12.0 Å². The van der Waals surface area contributed by atoms with Crippen molar-refractivity contribution >= 4 is 5.97 Å². The molecule has 7 nitrogen and oxygen atoms in total. The first-order valence-electron chi connectivity index (χ1n) is 11.2. The molecule has 7 heteroatoms. The molecule has 1 fully saturated rings. The second-order valence-corrected chi connectivity index (χ2v) is 8.32. The minimum absolute atomic E-state index is 0.181. The average molecular weight is 442 g/mol. The molecule has 32 heavy (non-hydrogen) atoms. The number of nitrogens with zero attached hydrogens (tertiary/aromatic N) is 1. The van der Waals surface area contributed by atoms with Crippen LogP contribution in [0.15, 0.2) is 42.5 Å². The Balaban J connectivity index is 1.71. The number of methoxy groups -OCH3 is 1. The normalized spacial score (nSPS) is 23.3. The molecule has 4 rings (SSSR count). The Hall–Kier alpha value is -2.77. The van der Waals surface area contributed by atoms with Crippen molar-refractivity contribution in [2.24, 2.45) is 5.92 Å². The van der Waals surface area contributed by atoms with Crippen molar-refractivity contribution in [2.75, 3.05) is 27.1 Å². The van der Waals surface area contributed by atoms with Crippen LogP contribution in [0.4, 0.5) is 0 Å². The molecule has 0 saturated carbocycles. The van der Waals surface area contributed by atoms with E-state index >= 15 is 0 Å². The van der Waals surface area contributed by atoms with Crippen molar-refractivity contribution in [1.29, 1.82) is 0 Å². The SMILES string of the molecule is CCCCOC(C)N1CC(c2ccc(OC)cc2)C(C(=O)O)C1c1ccc2c(c1)OCO2. The van der Waals surface area contributed by atoms with Crippen LogP contribution < -0.4 is 14.2 Å². The van der Waals surface area contributed by atoms with Crippen LogP contribution >= 0.6 is 0 Å². The highest BCUT2D eigenvalue weighted by Gasteiger charge is 2.49. The number of hydrogen-bond acceptors (Lipinski definition) is 6. The second kappa shape index (κ2) is 9.79. The van der Waals surface area contributed by atoms with E-state index in [0.717, 1.165) is 29.7 Å². The zero-order valence-electron chi connectivity index (χ0n) is 18.8. The molecule has 2 heterocycles. The maximum Gasteiger partial charge on any atom is 0.309 e. The number of likely N-dealkylation sites (tertiary alicyclic amines) is 1. The molecule has 4 atom stereocenters. The molecule has 2 aromatic rings. The van der Waals surface area contributed by atoms with E-state index in [-0.39, 0.29) is 25.0 Å². The highest BCUT2D eigenvalue weighted by molar-refractivity contribution is 5.74. The van der Waals surface area contributed by atoms with Crippen LogP contribution in [0.5, 0.6) is 17.2 Å². The molecule has 1 N–H and O–H groups in total. The predicted molar refractivity (Wildman–Crippen MR) is 119 cm³/mol. The minimum atomic E-state index is -0.822. The Labute approximate surface area is 188 Å². The lowest BCUT2D eigenvalue weighted by molar-refractivity contribution is -0.144. The van der Waals surface area contributed by atoms with Gasteiger partial charge in [-0.25, -0.2) is 0 Å². The molecule has 2 aromatic carbocycles. The van der Waals surface area contributed by atoms with Gasteiger partial charge in [-0.05, 0) is 48.7 Å². The van der Waals surface area contributed by atoms with E-state index in [1.54, 1.807) is 7.11 Å². The van der Waals surface area contributed by atoms with Gasteiger partial charge in [-0.15, -0.1) is 0 Å². The molecule has 2 aliphatic rings. The second-order valence-electron chi connectivity index (χ2n) is 8.32. The highest BCUT2D eigenvalue weighted by Crippen LogP contribution is 2.48. The number of ether oxygens (including phenoxy) is 4. The van der Waals surface area contributed by atoms with Crippen LogP contribution in [0.2, 0.25) is 0 Å². The Morgan fingerprint density at radius 1 is 1.16 bits per heavy atom. The van der Waals surface area contributed by atoms with Crippen molar-refractivity contribution in [3.8, 4) is 17.2 Å². The predicted octanol–water partition coefficient (Wildman–Crippen LogP) is 4.43. The third-order valence-corrected chi connectivity index (χ3v) is 6.43. The number of carbonyl (C=O) groups is 1. The van der Waals surface area contributed by atoms with Crippen LogP contribution in [0.25, 0.3) is 0 Å². The number of carboxylic acids is 1. The lowest BCUT2D eigenvalue weighted by Gasteiger charge is -2.32. The summed E-state index contributed by atoms with van der Waals surface area (Å²) in [6, 6.07) is 13.0. The van der Waals surface area contributed by atoms with Crippen LogP contribution in [0.1, 0.15) is 49.8 Å². The smallest absolute Gasteiger partial charge is 0.309 e. The zero-order chi connectivity index (χ0) is 22.7. The summed E-state index contributed by atoms with van der Waals surface area (Å²) in [5.41, 5.74) is 1.87. The number of unbranched alkanes of at least 4 members (excludes halogenated alkanes) is 1. The summed E-state index contributed by atoms with van der Waals surface area (Å²) in [6.07, 6.45) is 1.80. The van der Waals surface area contributed by atoms with E-state index in [2.05, 4.69) is 11.8 Å². The topological polar surface area (TPSA) is 77.5 Å². The largest absolute Gasteiger partial charge is 0.497 e. The molecule has 0 radical (unpaired) electrons. The van der Waals surface area contributed by atoms with Crippen molar-refractivity contribution in [3.05, 3.63) is 53.6 Å². The van der Waals surface area contributed by atoms with Crippen LogP contribution in [0, 0.1) is 5.92 Å². The van der Waals surface area contributed by atoms with Crippen molar-refractivity contribution in [3.63, 3.8) is 0 Å². The number of hydrogen-bond donors (Lipinski definition) is 1. The van der Waals surface area contributed by atoms with Gasteiger partial charge < -0.3 is 24.1 Å². The van der Waals surface area contributed by atoms with Gasteiger partial charge in [0.25, 0.3) is 0 Å². The number of carboxylic acid groups (broad SMARTS) is 1. The minimum Gasteiger partial charge on any atom is -0.497 e. The molecule has 0 amide bonds. The highest BCUT2D eigenvalue weighted by atomic mass is 16.7. The van der Waals surface area contributed by atoms with Gasteiger partial charge in [-0.2, -0.15) is 0 Å². The van der Waals surface area contributed by atoms with Crippen LogP contribution in [0.3, 0.4) is 0 Å². The van der Waals surface area contributed by atoms with Crippen LogP contribution in [-0.4, -0.2) is 49.3 Å². The summed E-state index contributed by atoms with van der Waals surface area (Å²) in [4.78, 5) is 14.8. The monoisotopic (exact) mass is 441 g/mol. The van der Waals surface area contributed by atoms with E-state index < -0.39 is 11.9 Å². The first-order valence-corrected chi connectivity index (χ1v) is 11.2.